The molecule has 0 saturated heterocycles. The van der Waals surface area contributed by atoms with Gasteiger partial charge in [0.05, 0.1) is 7.11 Å². The van der Waals surface area contributed by atoms with Gasteiger partial charge >= 0.3 is 5.69 Å². The molecular formula is C16H16ClN5O4. The molecular weight excluding hydrogens is 362 g/mol. The van der Waals surface area contributed by atoms with E-state index >= 15 is 0 Å². The summed E-state index contributed by atoms with van der Waals surface area (Å²) in [4.78, 5) is 40.8. The highest BCUT2D eigenvalue weighted by Crippen LogP contribution is 2.17. The molecule has 10 heteroatoms. The number of carbonyl (C=O) groups excluding carboxylic acids is 1. The molecule has 0 aliphatic carbocycles. The summed E-state index contributed by atoms with van der Waals surface area (Å²) in [6, 6.07) is 6.79. The third-order valence-electron chi connectivity index (χ3n) is 3.98. The highest BCUT2D eigenvalue weighted by atomic mass is 35.5. The van der Waals surface area contributed by atoms with E-state index in [0.717, 1.165) is 4.57 Å². The van der Waals surface area contributed by atoms with Gasteiger partial charge in [-0.25, -0.2) is 4.79 Å². The van der Waals surface area contributed by atoms with Crippen molar-refractivity contribution in [3.8, 4) is 5.75 Å². The van der Waals surface area contributed by atoms with Crippen molar-refractivity contribution in [2.45, 2.75) is 6.54 Å². The van der Waals surface area contributed by atoms with E-state index in [2.05, 4.69) is 10.3 Å². The van der Waals surface area contributed by atoms with Gasteiger partial charge in [-0.15, -0.1) is 0 Å². The van der Waals surface area contributed by atoms with Crippen molar-refractivity contribution < 1.29 is 9.53 Å². The molecule has 0 spiro atoms. The van der Waals surface area contributed by atoms with Crippen LogP contribution in [0.15, 0.2) is 33.9 Å². The first-order valence-corrected chi connectivity index (χ1v) is 7.97. The second kappa shape index (κ2) is 6.68. The zero-order chi connectivity index (χ0) is 19.0. The molecule has 0 atom stereocenters. The Hall–Kier alpha value is -3.07. The first kappa shape index (κ1) is 17.7. The zero-order valence-corrected chi connectivity index (χ0v) is 15.1. The molecule has 2 heterocycles. The molecule has 1 aromatic carbocycles. The lowest BCUT2D eigenvalue weighted by molar-refractivity contribution is -0.116. The lowest BCUT2D eigenvalue weighted by Gasteiger charge is -2.09. The van der Waals surface area contributed by atoms with Crippen LogP contribution in [-0.2, 0) is 25.4 Å². The van der Waals surface area contributed by atoms with E-state index in [4.69, 9.17) is 16.3 Å². The molecule has 0 saturated carbocycles. The maximum Gasteiger partial charge on any atom is 0.332 e. The predicted octanol–water partition coefficient (Wildman–Crippen LogP) is 0.734. The summed E-state index contributed by atoms with van der Waals surface area (Å²) >= 11 is 6.09. The number of aromatic nitrogens is 4. The first-order chi connectivity index (χ1) is 12.3. The Morgan fingerprint density at radius 3 is 2.46 bits per heavy atom. The summed E-state index contributed by atoms with van der Waals surface area (Å²) in [6.07, 6.45) is 0. The van der Waals surface area contributed by atoms with E-state index in [1.807, 2.05) is 0 Å². The number of amides is 1. The van der Waals surface area contributed by atoms with Crippen LogP contribution in [0.25, 0.3) is 11.2 Å². The quantitative estimate of drug-likeness (QED) is 0.676. The van der Waals surface area contributed by atoms with Gasteiger partial charge in [0, 0.05) is 19.8 Å². The number of imidazole rings is 1. The maximum absolute atomic E-state index is 12.4. The molecule has 0 radical (unpaired) electrons. The highest BCUT2D eigenvalue weighted by Gasteiger charge is 2.19. The largest absolute Gasteiger partial charge is 0.497 e. The Labute approximate surface area is 152 Å². The normalized spacial score (nSPS) is 10.9. The van der Waals surface area contributed by atoms with E-state index in [-0.39, 0.29) is 23.0 Å². The summed E-state index contributed by atoms with van der Waals surface area (Å²) in [5.41, 5.74) is -0.312. The molecule has 26 heavy (non-hydrogen) atoms. The molecule has 2 aromatic heterocycles. The molecule has 3 aromatic rings. The van der Waals surface area contributed by atoms with Crippen molar-refractivity contribution in [1.29, 1.82) is 0 Å². The fraction of sp³-hybridized carbons (Fsp3) is 0.250. The number of carbonyl (C=O) groups is 1. The molecule has 3 rings (SSSR count). The molecule has 136 valence electrons. The summed E-state index contributed by atoms with van der Waals surface area (Å²) in [6.45, 7) is -0.227. The number of fused-ring (bicyclic) bond motifs is 1. The summed E-state index contributed by atoms with van der Waals surface area (Å²) in [5, 5.41) is 2.65. The minimum atomic E-state index is -0.570. The van der Waals surface area contributed by atoms with Crippen LogP contribution in [0.4, 0.5) is 5.69 Å². The summed E-state index contributed by atoms with van der Waals surface area (Å²) in [5.74, 6) is 0.267. The van der Waals surface area contributed by atoms with Crippen molar-refractivity contribution in [2.24, 2.45) is 14.1 Å². The van der Waals surface area contributed by atoms with Gasteiger partial charge in [-0.05, 0) is 35.9 Å². The number of halogens is 1. The van der Waals surface area contributed by atoms with Crippen LogP contribution in [0.5, 0.6) is 5.75 Å². The first-order valence-electron chi connectivity index (χ1n) is 7.59. The van der Waals surface area contributed by atoms with Gasteiger partial charge in [-0.3, -0.25) is 23.3 Å². The van der Waals surface area contributed by atoms with Gasteiger partial charge in [-0.2, -0.15) is 4.98 Å². The number of aryl methyl sites for hydroxylation is 1. The van der Waals surface area contributed by atoms with Crippen LogP contribution in [0.1, 0.15) is 0 Å². The van der Waals surface area contributed by atoms with Crippen molar-refractivity contribution in [3.05, 3.63) is 50.4 Å². The Kier molecular flexibility index (Phi) is 4.56. The molecule has 0 unspecified atom stereocenters. The Morgan fingerprint density at radius 2 is 1.85 bits per heavy atom. The van der Waals surface area contributed by atoms with Crippen LogP contribution < -0.4 is 21.3 Å². The van der Waals surface area contributed by atoms with Crippen molar-refractivity contribution in [1.82, 2.24) is 18.7 Å². The number of hydrogen-bond donors (Lipinski definition) is 1. The number of rotatable bonds is 4. The summed E-state index contributed by atoms with van der Waals surface area (Å²) in [7, 11) is 4.38. The van der Waals surface area contributed by atoms with Crippen LogP contribution in [0.3, 0.4) is 0 Å². The minimum absolute atomic E-state index is 0.0526. The van der Waals surface area contributed by atoms with Crippen molar-refractivity contribution in [2.75, 3.05) is 12.4 Å². The third-order valence-corrected chi connectivity index (χ3v) is 4.27. The Bertz CT molecular complexity index is 1110. The van der Waals surface area contributed by atoms with Gasteiger partial charge < -0.3 is 10.1 Å². The lowest BCUT2D eigenvalue weighted by Crippen LogP contribution is -2.37. The second-order valence-electron chi connectivity index (χ2n) is 5.62. The topological polar surface area (TPSA) is 100 Å². The monoisotopic (exact) mass is 377 g/mol. The maximum atomic E-state index is 12.4. The van der Waals surface area contributed by atoms with E-state index < -0.39 is 17.2 Å². The van der Waals surface area contributed by atoms with Gasteiger partial charge in [0.1, 0.15) is 12.3 Å². The lowest BCUT2D eigenvalue weighted by atomic mass is 10.3. The van der Waals surface area contributed by atoms with Crippen molar-refractivity contribution in [3.63, 3.8) is 0 Å². The van der Waals surface area contributed by atoms with E-state index in [1.54, 1.807) is 31.4 Å². The molecule has 0 bridgehead atoms. The number of nitrogens with zero attached hydrogens (tertiary/aromatic N) is 4. The number of methoxy groups -OCH3 is 1. The summed E-state index contributed by atoms with van der Waals surface area (Å²) < 4.78 is 8.49. The van der Waals surface area contributed by atoms with Crippen LogP contribution >= 0.6 is 11.6 Å². The number of hydrogen-bond acceptors (Lipinski definition) is 5. The van der Waals surface area contributed by atoms with Gasteiger partial charge in [-0.1, -0.05) is 0 Å². The SMILES string of the molecule is COc1ccc(NC(=O)Cn2c(Cl)nc3c2c(=O)n(C)c(=O)n3C)cc1. The highest BCUT2D eigenvalue weighted by molar-refractivity contribution is 6.29. The standard InChI is InChI=1S/C16H16ClN5O4/c1-20-13-12(14(24)21(2)16(20)25)22(15(17)19-13)8-11(23)18-9-4-6-10(26-3)7-5-9/h4-7H,8H2,1-3H3,(H,18,23). The fourth-order valence-corrected chi connectivity index (χ4v) is 2.81. The molecule has 9 nitrogen and oxygen atoms in total. The zero-order valence-electron chi connectivity index (χ0n) is 14.3. The van der Waals surface area contributed by atoms with Crippen molar-refractivity contribution >= 4 is 34.4 Å². The van der Waals surface area contributed by atoms with Gasteiger partial charge in [0.25, 0.3) is 5.56 Å². The predicted molar refractivity (Wildman–Crippen MR) is 96.8 cm³/mol. The molecule has 1 N–H and O–H groups in total. The number of anilines is 1. The van der Waals surface area contributed by atoms with E-state index in [9.17, 15) is 14.4 Å². The van der Waals surface area contributed by atoms with Crippen LogP contribution in [-0.4, -0.2) is 31.7 Å². The second-order valence-corrected chi connectivity index (χ2v) is 5.96. The van der Waals surface area contributed by atoms with E-state index in [1.165, 1.54) is 23.2 Å². The smallest absolute Gasteiger partial charge is 0.332 e. The average molecular weight is 378 g/mol. The molecule has 1 amide bonds. The fourth-order valence-electron chi connectivity index (χ4n) is 2.58. The Morgan fingerprint density at radius 1 is 1.19 bits per heavy atom. The molecule has 0 fully saturated rings. The number of ether oxygens (including phenoxy) is 1. The van der Waals surface area contributed by atoms with E-state index in [0.29, 0.717) is 11.4 Å². The minimum Gasteiger partial charge on any atom is -0.497 e. The van der Waals surface area contributed by atoms with Gasteiger partial charge in [0.2, 0.25) is 11.2 Å². The van der Waals surface area contributed by atoms with Gasteiger partial charge in [0.15, 0.2) is 11.2 Å². The van der Waals surface area contributed by atoms with Crippen LogP contribution in [0.2, 0.25) is 5.28 Å². The molecule has 0 aliphatic heterocycles. The third kappa shape index (κ3) is 2.97. The van der Waals surface area contributed by atoms with Crippen LogP contribution in [0, 0.1) is 0 Å². The average Bonchev–Trinajstić information content (AvgIpc) is 2.95. The number of benzene rings is 1. The number of nitrogens with one attached hydrogen (secondary N) is 1. The Balaban J connectivity index is 1.95. The molecule has 0 aliphatic rings.